The van der Waals surface area contributed by atoms with Crippen molar-refractivity contribution in [2.45, 2.75) is 0 Å². The van der Waals surface area contributed by atoms with Crippen molar-refractivity contribution in [2.24, 2.45) is 0 Å². The van der Waals surface area contributed by atoms with Crippen LogP contribution in [0.2, 0.25) is 0 Å². The van der Waals surface area contributed by atoms with Gasteiger partial charge in [-0.1, -0.05) is 18.2 Å². The third-order valence-corrected chi connectivity index (χ3v) is 1.86. The Labute approximate surface area is 91.0 Å². The average molecular weight is 213 g/mol. The molecule has 5 nitrogen and oxygen atoms in total. The van der Waals surface area contributed by atoms with E-state index < -0.39 is 5.69 Å². The number of benzene rings is 1. The Balaban J connectivity index is 2.38. The van der Waals surface area contributed by atoms with Crippen molar-refractivity contribution in [3.8, 4) is 17.7 Å². The second-order valence-electron chi connectivity index (χ2n) is 2.96. The summed E-state index contributed by atoms with van der Waals surface area (Å²) in [6.45, 7) is 0. The van der Waals surface area contributed by atoms with E-state index in [1.807, 2.05) is 12.1 Å². The Morgan fingerprint density at radius 2 is 2.06 bits per heavy atom. The van der Waals surface area contributed by atoms with Crippen molar-refractivity contribution < 1.29 is 4.74 Å². The summed E-state index contributed by atoms with van der Waals surface area (Å²) in [5.74, 6) is 0.648. The molecule has 0 spiro atoms. The van der Waals surface area contributed by atoms with Gasteiger partial charge in [-0.3, -0.25) is 4.98 Å². The summed E-state index contributed by atoms with van der Waals surface area (Å²) in [6.07, 6.45) is 1.18. The van der Waals surface area contributed by atoms with Crippen LogP contribution in [0.5, 0.6) is 11.6 Å². The average Bonchev–Trinajstić information content (AvgIpc) is 2.31. The standard InChI is InChI=1S/C11H7N3O2/c12-6-8-7-13-11(15)14-10(8)16-9-4-2-1-3-5-9/h1-5,7H,(H,13,14,15). The largest absolute Gasteiger partial charge is 0.439 e. The van der Waals surface area contributed by atoms with Crippen LogP contribution in [0, 0.1) is 11.3 Å². The van der Waals surface area contributed by atoms with Crippen molar-refractivity contribution in [1.29, 1.82) is 5.26 Å². The third-order valence-electron chi connectivity index (χ3n) is 1.86. The summed E-state index contributed by atoms with van der Waals surface area (Å²) >= 11 is 0. The molecule has 2 aromatic rings. The van der Waals surface area contributed by atoms with Gasteiger partial charge in [0, 0.05) is 0 Å². The van der Waals surface area contributed by atoms with Crippen molar-refractivity contribution in [2.75, 3.05) is 0 Å². The molecule has 0 amide bonds. The first-order valence-electron chi connectivity index (χ1n) is 4.52. The molecule has 0 bridgehead atoms. The zero-order valence-corrected chi connectivity index (χ0v) is 8.18. The summed E-state index contributed by atoms with van der Waals surface area (Å²) in [6, 6.07) is 10.8. The van der Waals surface area contributed by atoms with Gasteiger partial charge < -0.3 is 4.74 Å². The number of rotatable bonds is 2. The van der Waals surface area contributed by atoms with Crippen LogP contribution in [-0.4, -0.2) is 9.97 Å². The van der Waals surface area contributed by atoms with Gasteiger partial charge in [-0.2, -0.15) is 5.26 Å². The van der Waals surface area contributed by atoms with E-state index in [1.165, 1.54) is 6.20 Å². The van der Waals surface area contributed by atoms with Crippen LogP contribution in [0.15, 0.2) is 41.3 Å². The maximum Gasteiger partial charge on any atom is 0.347 e. The summed E-state index contributed by atoms with van der Waals surface area (Å²) in [5, 5.41) is 8.80. The number of aromatic nitrogens is 2. The van der Waals surface area contributed by atoms with Gasteiger partial charge in [0.1, 0.15) is 17.4 Å². The lowest BCUT2D eigenvalue weighted by Gasteiger charge is -2.05. The maximum atomic E-state index is 11.0. The van der Waals surface area contributed by atoms with Crippen LogP contribution < -0.4 is 10.4 Å². The minimum atomic E-state index is -0.551. The van der Waals surface area contributed by atoms with E-state index in [0.29, 0.717) is 5.75 Å². The molecule has 0 unspecified atom stereocenters. The van der Waals surface area contributed by atoms with E-state index in [1.54, 1.807) is 24.3 Å². The molecule has 1 heterocycles. The van der Waals surface area contributed by atoms with Gasteiger partial charge in [0.2, 0.25) is 5.88 Å². The van der Waals surface area contributed by atoms with Gasteiger partial charge in [-0.15, -0.1) is 0 Å². The molecule has 78 valence electrons. The molecule has 0 fully saturated rings. The molecule has 5 heteroatoms. The highest BCUT2D eigenvalue weighted by atomic mass is 16.5. The molecule has 0 radical (unpaired) electrons. The minimum Gasteiger partial charge on any atom is -0.439 e. The van der Waals surface area contributed by atoms with Crippen LogP contribution >= 0.6 is 0 Å². The molecule has 1 aromatic heterocycles. The molecule has 0 aliphatic carbocycles. The highest BCUT2D eigenvalue weighted by molar-refractivity contribution is 5.38. The van der Waals surface area contributed by atoms with Crippen molar-refractivity contribution in [3.63, 3.8) is 0 Å². The highest BCUT2D eigenvalue weighted by Crippen LogP contribution is 2.19. The van der Waals surface area contributed by atoms with Crippen LogP contribution in [0.1, 0.15) is 5.56 Å². The van der Waals surface area contributed by atoms with Gasteiger partial charge in [-0.25, -0.2) is 9.78 Å². The fraction of sp³-hybridized carbons (Fsp3) is 0. The van der Waals surface area contributed by atoms with Gasteiger partial charge in [-0.05, 0) is 12.1 Å². The highest BCUT2D eigenvalue weighted by Gasteiger charge is 2.05. The lowest BCUT2D eigenvalue weighted by Crippen LogP contribution is -2.11. The Morgan fingerprint density at radius 1 is 1.31 bits per heavy atom. The first-order chi connectivity index (χ1) is 7.79. The lowest BCUT2D eigenvalue weighted by molar-refractivity contribution is 0.457. The number of aromatic amines is 1. The van der Waals surface area contributed by atoms with E-state index in [9.17, 15) is 4.79 Å². The molecular formula is C11H7N3O2. The van der Waals surface area contributed by atoms with Crippen LogP contribution in [0.25, 0.3) is 0 Å². The number of hydrogen-bond donors (Lipinski definition) is 1. The van der Waals surface area contributed by atoms with E-state index in [4.69, 9.17) is 10.00 Å². The van der Waals surface area contributed by atoms with Gasteiger partial charge in [0.15, 0.2) is 0 Å². The second kappa shape index (κ2) is 4.28. The number of nitriles is 1. The number of nitrogens with zero attached hydrogens (tertiary/aromatic N) is 2. The van der Waals surface area contributed by atoms with Crippen molar-refractivity contribution >= 4 is 0 Å². The Hall–Kier alpha value is -2.61. The van der Waals surface area contributed by atoms with Gasteiger partial charge >= 0.3 is 5.69 Å². The zero-order chi connectivity index (χ0) is 11.4. The molecule has 16 heavy (non-hydrogen) atoms. The summed E-state index contributed by atoms with van der Waals surface area (Å²) in [5.41, 5.74) is -0.367. The van der Waals surface area contributed by atoms with Crippen LogP contribution in [-0.2, 0) is 0 Å². The first-order valence-corrected chi connectivity index (χ1v) is 4.52. The Kier molecular flexibility index (Phi) is 2.65. The first kappa shape index (κ1) is 9.93. The molecule has 1 aromatic carbocycles. The van der Waals surface area contributed by atoms with Gasteiger partial charge in [0.25, 0.3) is 0 Å². The van der Waals surface area contributed by atoms with E-state index >= 15 is 0 Å². The predicted octanol–water partition coefficient (Wildman–Crippen LogP) is 1.43. The fourth-order valence-electron chi connectivity index (χ4n) is 1.15. The monoisotopic (exact) mass is 213 g/mol. The normalized spacial score (nSPS) is 9.44. The number of para-hydroxylation sites is 1. The van der Waals surface area contributed by atoms with Crippen molar-refractivity contribution in [1.82, 2.24) is 9.97 Å². The number of ether oxygens (including phenoxy) is 1. The lowest BCUT2D eigenvalue weighted by atomic mass is 10.3. The molecule has 0 saturated carbocycles. The molecule has 1 N–H and O–H groups in total. The zero-order valence-electron chi connectivity index (χ0n) is 8.18. The molecule has 0 aliphatic rings. The Bertz CT molecular complexity index is 584. The second-order valence-corrected chi connectivity index (χ2v) is 2.96. The number of hydrogen-bond acceptors (Lipinski definition) is 4. The van der Waals surface area contributed by atoms with Crippen LogP contribution in [0.4, 0.5) is 0 Å². The molecular weight excluding hydrogens is 206 g/mol. The molecule has 0 aliphatic heterocycles. The Morgan fingerprint density at radius 3 is 2.75 bits per heavy atom. The quantitative estimate of drug-likeness (QED) is 0.818. The summed E-state index contributed by atoms with van der Waals surface area (Å²) in [7, 11) is 0. The molecule has 0 saturated heterocycles. The van der Waals surface area contributed by atoms with Crippen LogP contribution in [0.3, 0.4) is 0 Å². The third kappa shape index (κ3) is 2.07. The molecule has 2 rings (SSSR count). The van der Waals surface area contributed by atoms with E-state index in [2.05, 4.69) is 9.97 Å². The smallest absolute Gasteiger partial charge is 0.347 e. The molecule has 0 atom stereocenters. The van der Waals surface area contributed by atoms with Crippen molar-refractivity contribution in [3.05, 3.63) is 52.6 Å². The fourth-order valence-corrected chi connectivity index (χ4v) is 1.15. The number of nitrogens with one attached hydrogen (secondary N) is 1. The topological polar surface area (TPSA) is 78.8 Å². The minimum absolute atomic E-state index is 0.105. The van der Waals surface area contributed by atoms with Gasteiger partial charge in [0.05, 0.1) is 6.20 Å². The maximum absolute atomic E-state index is 11.0. The van der Waals surface area contributed by atoms with E-state index in [-0.39, 0.29) is 11.4 Å². The SMILES string of the molecule is N#Cc1cnc(=O)[nH]c1Oc1ccccc1. The number of H-pyrrole nitrogens is 1. The summed E-state index contributed by atoms with van der Waals surface area (Å²) < 4.78 is 5.36. The predicted molar refractivity (Wildman–Crippen MR) is 56.1 cm³/mol. The van der Waals surface area contributed by atoms with E-state index in [0.717, 1.165) is 0 Å². The summed E-state index contributed by atoms with van der Waals surface area (Å²) in [4.78, 5) is 16.8.